The molecule has 31 heavy (non-hydrogen) atoms. The molecule has 0 radical (unpaired) electrons. The number of hydrogen-bond donors (Lipinski definition) is 1. The number of benzene rings is 1. The molecule has 0 fully saturated rings. The van der Waals surface area contributed by atoms with Crippen LogP contribution in [0, 0.1) is 0 Å². The first-order valence-electron chi connectivity index (χ1n) is 10.2. The van der Waals surface area contributed by atoms with Gasteiger partial charge >= 0.3 is 0 Å². The summed E-state index contributed by atoms with van der Waals surface area (Å²) in [4.78, 5) is 21.2. The SMILES string of the molecule is COc1ccc(-c2cccc3c2C[C@H](NC(=O)c2ccc(OC(C)C)nc2)CO3)cn1. The second-order valence-corrected chi connectivity index (χ2v) is 7.61. The molecule has 1 N–H and O–H groups in total. The van der Waals surface area contributed by atoms with Crippen LogP contribution >= 0.6 is 0 Å². The molecule has 0 aliphatic carbocycles. The third kappa shape index (κ3) is 4.77. The van der Waals surface area contributed by atoms with Crippen LogP contribution in [0.15, 0.2) is 54.9 Å². The second kappa shape index (κ2) is 9.04. The van der Waals surface area contributed by atoms with E-state index in [1.165, 1.54) is 6.20 Å². The summed E-state index contributed by atoms with van der Waals surface area (Å²) < 4.78 is 16.6. The van der Waals surface area contributed by atoms with Crippen molar-refractivity contribution in [2.24, 2.45) is 0 Å². The molecule has 160 valence electrons. The summed E-state index contributed by atoms with van der Waals surface area (Å²) in [5.74, 6) is 1.70. The molecule has 1 amide bonds. The van der Waals surface area contributed by atoms with Crippen molar-refractivity contribution in [1.29, 1.82) is 0 Å². The fraction of sp³-hybridized carbons (Fsp3) is 0.292. The number of aromatic nitrogens is 2. The van der Waals surface area contributed by atoms with Crippen LogP contribution in [0.1, 0.15) is 29.8 Å². The lowest BCUT2D eigenvalue weighted by Gasteiger charge is -2.28. The molecule has 3 heterocycles. The summed E-state index contributed by atoms with van der Waals surface area (Å²) in [7, 11) is 1.59. The number of carbonyl (C=O) groups is 1. The van der Waals surface area contributed by atoms with Gasteiger partial charge in [-0.25, -0.2) is 9.97 Å². The Bertz CT molecular complexity index is 1050. The van der Waals surface area contributed by atoms with Gasteiger partial charge in [-0.15, -0.1) is 0 Å². The van der Waals surface area contributed by atoms with Gasteiger partial charge in [0.2, 0.25) is 11.8 Å². The number of hydrogen-bond acceptors (Lipinski definition) is 6. The highest BCUT2D eigenvalue weighted by atomic mass is 16.5. The van der Waals surface area contributed by atoms with Gasteiger partial charge < -0.3 is 19.5 Å². The van der Waals surface area contributed by atoms with Gasteiger partial charge in [0, 0.05) is 42.1 Å². The molecule has 0 unspecified atom stereocenters. The number of amides is 1. The highest BCUT2D eigenvalue weighted by Gasteiger charge is 2.24. The van der Waals surface area contributed by atoms with Gasteiger partial charge in [-0.1, -0.05) is 12.1 Å². The third-order valence-electron chi connectivity index (χ3n) is 4.97. The van der Waals surface area contributed by atoms with Crippen LogP contribution in [0.5, 0.6) is 17.5 Å². The van der Waals surface area contributed by atoms with Gasteiger partial charge in [0.1, 0.15) is 12.4 Å². The molecule has 2 aromatic heterocycles. The number of nitrogens with zero attached hydrogens (tertiary/aromatic N) is 2. The molecule has 7 nitrogen and oxygen atoms in total. The van der Waals surface area contributed by atoms with Crippen LogP contribution < -0.4 is 19.5 Å². The largest absolute Gasteiger partial charge is 0.491 e. The van der Waals surface area contributed by atoms with Gasteiger partial charge in [-0.3, -0.25) is 4.79 Å². The monoisotopic (exact) mass is 419 g/mol. The van der Waals surface area contributed by atoms with E-state index in [1.54, 1.807) is 25.4 Å². The lowest BCUT2D eigenvalue weighted by atomic mass is 9.93. The summed E-state index contributed by atoms with van der Waals surface area (Å²) in [6, 6.07) is 13.0. The lowest BCUT2D eigenvalue weighted by Crippen LogP contribution is -2.42. The Hall–Kier alpha value is -3.61. The highest BCUT2D eigenvalue weighted by molar-refractivity contribution is 5.94. The van der Waals surface area contributed by atoms with Gasteiger partial charge in [0.05, 0.1) is 24.8 Å². The zero-order valence-corrected chi connectivity index (χ0v) is 17.8. The molecule has 0 saturated carbocycles. The Labute approximate surface area is 181 Å². The minimum atomic E-state index is -0.191. The van der Waals surface area contributed by atoms with Crippen molar-refractivity contribution < 1.29 is 19.0 Å². The number of fused-ring (bicyclic) bond motifs is 1. The standard InChI is InChI=1S/C24H25N3O4/c1-15(2)31-23-10-8-17(13-26-23)24(28)27-18-11-20-19(5-4-6-21(20)30-14-18)16-7-9-22(29-3)25-12-16/h4-10,12-13,15,18H,11,14H2,1-3H3,(H,27,28)/t18-/m0/s1. The first-order valence-corrected chi connectivity index (χ1v) is 10.2. The molecule has 3 aromatic rings. The van der Waals surface area contributed by atoms with Crippen molar-refractivity contribution >= 4 is 5.91 Å². The van der Waals surface area contributed by atoms with Crippen molar-refractivity contribution in [3.63, 3.8) is 0 Å². The van der Waals surface area contributed by atoms with Crippen molar-refractivity contribution in [1.82, 2.24) is 15.3 Å². The van der Waals surface area contributed by atoms with E-state index in [0.717, 1.165) is 22.4 Å². The maximum Gasteiger partial charge on any atom is 0.253 e. The van der Waals surface area contributed by atoms with E-state index >= 15 is 0 Å². The van der Waals surface area contributed by atoms with E-state index < -0.39 is 0 Å². The molecule has 1 aromatic carbocycles. The minimum Gasteiger partial charge on any atom is -0.491 e. The molecule has 1 aliphatic rings. The molecule has 0 bridgehead atoms. The van der Waals surface area contributed by atoms with E-state index in [1.807, 2.05) is 44.2 Å². The third-order valence-corrected chi connectivity index (χ3v) is 4.97. The maximum absolute atomic E-state index is 12.7. The number of carbonyl (C=O) groups excluding carboxylic acids is 1. The average molecular weight is 419 g/mol. The van der Waals surface area contributed by atoms with Crippen LogP contribution in [0.3, 0.4) is 0 Å². The second-order valence-electron chi connectivity index (χ2n) is 7.61. The topological polar surface area (TPSA) is 82.6 Å². The Balaban J connectivity index is 1.48. The fourth-order valence-corrected chi connectivity index (χ4v) is 3.53. The molecular weight excluding hydrogens is 394 g/mol. The molecule has 1 atom stereocenters. The molecule has 1 aliphatic heterocycles. The lowest BCUT2D eigenvalue weighted by molar-refractivity contribution is 0.0915. The zero-order chi connectivity index (χ0) is 21.8. The van der Waals surface area contributed by atoms with Crippen LogP contribution in [0.4, 0.5) is 0 Å². The van der Waals surface area contributed by atoms with Gasteiger partial charge in [-0.2, -0.15) is 0 Å². The Morgan fingerprint density at radius 2 is 1.90 bits per heavy atom. The van der Waals surface area contributed by atoms with Crippen molar-refractivity contribution in [3.05, 3.63) is 66.0 Å². The maximum atomic E-state index is 12.7. The highest BCUT2D eigenvalue weighted by Crippen LogP contribution is 2.34. The average Bonchev–Trinajstić information content (AvgIpc) is 2.79. The molecule has 0 saturated heterocycles. The summed E-state index contributed by atoms with van der Waals surface area (Å²) in [6.07, 6.45) is 4.00. The van der Waals surface area contributed by atoms with Crippen molar-refractivity contribution in [2.75, 3.05) is 13.7 Å². The van der Waals surface area contributed by atoms with E-state index in [9.17, 15) is 4.79 Å². The predicted molar refractivity (Wildman–Crippen MR) is 117 cm³/mol. The molecule has 7 heteroatoms. The van der Waals surface area contributed by atoms with E-state index in [-0.39, 0.29) is 18.1 Å². The number of ether oxygens (including phenoxy) is 3. The summed E-state index contributed by atoms with van der Waals surface area (Å²) >= 11 is 0. The van der Waals surface area contributed by atoms with Crippen LogP contribution in [-0.2, 0) is 6.42 Å². The number of pyridine rings is 2. The Kier molecular flexibility index (Phi) is 6.02. The summed E-state index contributed by atoms with van der Waals surface area (Å²) in [5.41, 5.74) is 3.53. The number of rotatable bonds is 6. The predicted octanol–water partition coefficient (Wildman–Crippen LogP) is 3.67. The quantitative estimate of drug-likeness (QED) is 0.656. The summed E-state index contributed by atoms with van der Waals surface area (Å²) in [5, 5.41) is 3.05. The molecule has 0 spiro atoms. The van der Waals surface area contributed by atoms with Crippen molar-refractivity contribution in [3.8, 4) is 28.6 Å². The van der Waals surface area contributed by atoms with Gasteiger partial charge in [0.25, 0.3) is 5.91 Å². The molecule has 4 rings (SSSR count). The number of methoxy groups -OCH3 is 1. The van der Waals surface area contributed by atoms with Crippen LogP contribution in [0.25, 0.3) is 11.1 Å². The molecular formula is C24H25N3O4. The van der Waals surface area contributed by atoms with Gasteiger partial charge in [0.15, 0.2) is 0 Å². The van der Waals surface area contributed by atoms with E-state index in [4.69, 9.17) is 14.2 Å². The number of nitrogens with one attached hydrogen (secondary N) is 1. The zero-order valence-electron chi connectivity index (χ0n) is 17.8. The summed E-state index contributed by atoms with van der Waals surface area (Å²) in [6.45, 7) is 4.27. The minimum absolute atomic E-state index is 0.0294. The van der Waals surface area contributed by atoms with E-state index in [0.29, 0.717) is 30.4 Å². The van der Waals surface area contributed by atoms with E-state index in [2.05, 4.69) is 15.3 Å². The van der Waals surface area contributed by atoms with Crippen molar-refractivity contribution in [2.45, 2.75) is 32.4 Å². The normalized spacial score (nSPS) is 15.0. The first kappa shape index (κ1) is 20.7. The Morgan fingerprint density at radius 3 is 2.58 bits per heavy atom. The fourth-order valence-electron chi connectivity index (χ4n) is 3.53. The van der Waals surface area contributed by atoms with Gasteiger partial charge in [-0.05, 0) is 37.6 Å². The van der Waals surface area contributed by atoms with Crippen LogP contribution in [-0.4, -0.2) is 41.7 Å². The Morgan fingerprint density at radius 1 is 1.10 bits per heavy atom. The van der Waals surface area contributed by atoms with Crippen LogP contribution in [0.2, 0.25) is 0 Å². The smallest absolute Gasteiger partial charge is 0.253 e. The first-order chi connectivity index (χ1) is 15.0.